The summed E-state index contributed by atoms with van der Waals surface area (Å²) in [6, 6.07) is 8.43. The number of hydrogen-bond acceptors (Lipinski definition) is 1. The zero-order valence-corrected chi connectivity index (χ0v) is 9.83. The molecule has 82 valence electrons. The van der Waals surface area contributed by atoms with E-state index >= 15 is 0 Å². The summed E-state index contributed by atoms with van der Waals surface area (Å²) >= 11 is 0. The van der Waals surface area contributed by atoms with Gasteiger partial charge in [-0.2, -0.15) is 0 Å². The predicted molar refractivity (Wildman–Crippen MR) is 62.8 cm³/mol. The minimum absolute atomic E-state index is 0.474. The third-order valence-corrected chi connectivity index (χ3v) is 3.53. The first-order chi connectivity index (χ1) is 7.01. The van der Waals surface area contributed by atoms with Crippen LogP contribution in [0, 0.1) is 5.92 Å². The van der Waals surface area contributed by atoms with Gasteiger partial charge in [-0.15, -0.1) is 0 Å². The Labute approximate surface area is 92.1 Å². The largest absolute Gasteiger partial charge is 0.385 e. The molecule has 1 aromatic carbocycles. The van der Waals surface area contributed by atoms with Crippen LogP contribution in [0.3, 0.4) is 0 Å². The highest BCUT2D eigenvalue weighted by molar-refractivity contribution is 5.29. The third-order valence-electron chi connectivity index (χ3n) is 3.53. The minimum atomic E-state index is -0.616. The summed E-state index contributed by atoms with van der Waals surface area (Å²) in [5.74, 6) is 1.03. The standard InChI is InChI=1S/C14H20O/c1-10(2)11-4-6-12(7-5-11)14(3,15)13-8-9-13/h4-7,10,13,15H,8-9H2,1-3H3/t14-/m0/s1. The van der Waals surface area contributed by atoms with Crippen molar-refractivity contribution < 1.29 is 5.11 Å². The SMILES string of the molecule is CC(C)c1ccc([C@](C)(O)C2CC2)cc1. The van der Waals surface area contributed by atoms with Crippen molar-refractivity contribution in [2.24, 2.45) is 5.92 Å². The molecular formula is C14H20O. The van der Waals surface area contributed by atoms with Gasteiger partial charge in [0, 0.05) is 0 Å². The first-order valence-electron chi connectivity index (χ1n) is 5.84. The van der Waals surface area contributed by atoms with Crippen molar-refractivity contribution in [3.63, 3.8) is 0 Å². The van der Waals surface area contributed by atoms with Gasteiger partial charge in [-0.3, -0.25) is 0 Å². The summed E-state index contributed by atoms with van der Waals surface area (Å²) in [7, 11) is 0. The van der Waals surface area contributed by atoms with Crippen molar-refractivity contribution in [1.82, 2.24) is 0 Å². The van der Waals surface area contributed by atoms with E-state index < -0.39 is 5.60 Å². The fraction of sp³-hybridized carbons (Fsp3) is 0.571. The Bertz CT molecular complexity index is 331. The maximum atomic E-state index is 10.4. The fourth-order valence-electron chi connectivity index (χ4n) is 2.09. The zero-order chi connectivity index (χ0) is 11.1. The average molecular weight is 204 g/mol. The Morgan fingerprint density at radius 2 is 1.73 bits per heavy atom. The van der Waals surface area contributed by atoms with Crippen molar-refractivity contribution in [1.29, 1.82) is 0 Å². The Hall–Kier alpha value is -0.820. The van der Waals surface area contributed by atoms with Crippen LogP contribution in [-0.4, -0.2) is 5.11 Å². The molecule has 1 fully saturated rings. The van der Waals surface area contributed by atoms with Gasteiger partial charge in [-0.25, -0.2) is 0 Å². The van der Waals surface area contributed by atoms with E-state index in [1.165, 1.54) is 18.4 Å². The molecule has 1 saturated carbocycles. The highest BCUT2D eigenvalue weighted by Crippen LogP contribution is 2.45. The molecule has 0 heterocycles. The van der Waals surface area contributed by atoms with Crippen LogP contribution in [0.25, 0.3) is 0 Å². The summed E-state index contributed by atoms with van der Waals surface area (Å²) in [6.45, 7) is 6.32. The predicted octanol–water partition coefficient (Wildman–Crippen LogP) is 3.43. The molecule has 1 aromatic rings. The third kappa shape index (κ3) is 2.07. The summed E-state index contributed by atoms with van der Waals surface area (Å²) < 4.78 is 0. The topological polar surface area (TPSA) is 20.2 Å². The molecule has 1 heteroatoms. The Balaban J connectivity index is 2.22. The van der Waals surface area contributed by atoms with Crippen molar-refractivity contribution in [2.45, 2.75) is 45.1 Å². The van der Waals surface area contributed by atoms with Gasteiger partial charge in [-0.1, -0.05) is 38.1 Å². The quantitative estimate of drug-likeness (QED) is 0.799. The molecule has 0 unspecified atom stereocenters. The molecule has 0 bridgehead atoms. The molecule has 1 aliphatic rings. The Kier molecular flexibility index (Phi) is 2.59. The van der Waals surface area contributed by atoms with E-state index in [1.54, 1.807) is 0 Å². The lowest BCUT2D eigenvalue weighted by Gasteiger charge is -2.24. The number of benzene rings is 1. The van der Waals surface area contributed by atoms with Crippen LogP contribution < -0.4 is 0 Å². The van der Waals surface area contributed by atoms with Crippen molar-refractivity contribution >= 4 is 0 Å². The lowest BCUT2D eigenvalue weighted by Crippen LogP contribution is -2.23. The van der Waals surface area contributed by atoms with Crippen LogP contribution >= 0.6 is 0 Å². The van der Waals surface area contributed by atoms with Crippen LogP contribution in [0.2, 0.25) is 0 Å². The second kappa shape index (κ2) is 3.64. The molecule has 0 radical (unpaired) electrons. The van der Waals surface area contributed by atoms with Gasteiger partial charge in [-0.05, 0) is 42.7 Å². The van der Waals surface area contributed by atoms with Gasteiger partial charge in [0.25, 0.3) is 0 Å². The van der Waals surface area contributed by atoms with Crippen molar-refractivity contribution in [3.8, 4) is 0 Å². The van der Waals surface area contributed by atoms with Crippen LogP contribution in [-0.2, 0) is 5.60 Å². The van der Waals surface area contributed by atoms with E-state index in [1.807, 2.05) is 6.92 Å². The molecule has 0 aliphatic heterocycles. The van der Waals surface area contributed by atoms with Crippen molar-refractivity contribution in [3.05, 3.63) is 35.4 Å². The second-order valence-corrected chi connectivity index (χ2v) is 5.20. The van der Waals surface area contributed by atoms with Crippen LogP contribution in [0.1, 0.15) is 50.7 Å². The van der Waals surface area contributed by atoms with E-state index in [-0.39, 0.29) is 0 Å². The van der Waals surface area contributed by atoms with E-state index in [2.05, 4.69) is 38.1 Å². The summed E-state index contributed by atoms with van der Waals surface area (Å²) in [5.41, 5.74) is 1.79. The lowest BCUT2D eigenvalue weighted by atomic mass is 9.89. The highest BCUT2D eigenvalue weighted by atomic mass is 16.3. The van der Waals surface area contributed by atoms with Gasteiger partial charge in [0.2, 0.25) is 0 Å². The number of hydrogen-bond donors (Lipinski definition) is 1. The molecule has 15 heavy (non-hydrogen) atoms. The van der Waals surface area contributed by atoms with Crippen LogP contribution in [0.4, 0.5) is 0 Å². The smallest absolute Gasteiger partial charge is 0.0896 e. The maximum absolute atomic E-state index is 10.4. The molecule has 1 N–H and O–H groups in total. The number of aliphatic hydroxyl groups is 1. The first kappa shape index (κ1) is 10.7. The van der Waals surface area contributed by atoms with E-state index in [0.29, 0.717) is 11.8 Å². The van der Waals surface area contributed by atoms with E-state index in [0.717, 1.165) is 5.56 Å². The van der Waals surface area contributed by atoms with Gasteiger partial charge >= 0.3 is 0 Å². The Morgan fingerprint density at radius 1 is 1.20 bits per heavy atom. The maximum Gasteiger partial charge on any atom is 0.0896 e. The second-order valence-electron chi connectivity index (χ2n) is 5.20. The van der Waals surface area contributed by atoms with Gasteiger partial charge in [0.1, 0.15) is 0 Å². The summed E-state index contributed by atoms with van der Waals surface area (Å²) in [6.07, 6.45) is 2.33. The highest BCUT2D eigenvalue weighted by Gasteiger charge is 2.40. The van der Waals surface area contributed by atoms with E-state index in [4.69, 9.17) is 0 Å². The lowest BCUT2D eigenvalue weighted by molar-refractivity contribution is 0.0330. The van der Waals surface area contributed by atoms with Gasteiger partial charge in [0.15, 0.2) is 0 Å². The molecule has 1 nitrogen and oxygen atoms in total. The Morgan fingerprint density at radius 3 is 2.13 bits per heavy atom. The van der Waals surface area contributed by atoms with Crippen LogP contribution in [0.15, 0.2) is 24.3 Å². The molecule has 0 amide bonds. The molecule has 1 atom stereocenters. The monoisotopic (exact) mass is 204 g/mol. The fourth-order valence-corrected chi connectivity index (χ4v) is 2.09. The molecule has 2 rings (SSSR count). The molecule has 0 saturated heterocycles. The minimum Gasteiger partial charge on any atom is -0.385 e. The van der Waals surface area contributed by atoms with Crippen molar-refractivity contribution in [2.75, 3.05) is 0 Å². The van der Waals surface area contributed by atoms with Gasteiger partial charge < -0.3 is 5.11 Å². The normalized spacial score (nSPS) is 20.3. The summed E-state index contributed by atoms with van der Waals surface area (Å²) in [4.78, 5) is 0. The van der Waals surface area contributed by atoms with E-state index in [9.17, 15) is 5.11 Å². The molecule has 0 aromatic heterocycles. The first-order valence-corrected chi connectivity index (χ1v) is 5.84. The van der Waals surface area contributed by atoms with Crippen LogP contribution in [0.5, 0.6) is 0 Å². The van der Waals surface area contributed by atoms with Gasteiger partial charge in [0.05, 0.1) is 5.60 Å². The molecule has 1 aliphatic carbocycles. The average Bonchev–Trinajstić information content (AvgIpc) is 3.01. The number of rotatable bonds is 3. The zero-order valence-electron chi connectivity index (χ0n) is 9.83. The molecule has 0 spiro atoms. The molecular weight excluding hydrogens is 184 g/mol. The summed E-state index contributed by atoms with van der Waals surface area (Å²) in [5, 5.41) is 10.4.